The van der Waals surface area contributed by atoms with E-state index in [2.05, 4.69) is 47.1 Å². The van der Waals surface area contributed by atoms with Gasteiger partial charge in [0.15, 0.2) is 0 Å². The van der Waals surface area contributed by atoms with Crippen LogP contribution in [0.2, 0.25) is 0 Å². The zero-order valence-corrected chi connectivity index (χ0v) is 14.5. The quantitative estimate of drug-likeness (QED) is 0.875. The summed E-state index contributed by atoms with van der Waals surface area (Å²) in [6.07, 6.45) is 0. The number of aromatic nitrogens is 2. The molecule has 0 bridgehead atoms. The van der Waals surface area contributed by atoms with Crippen molar-refractivity contribution in [3.63, 3.8) is 0 Å². The maximum absolute atomic E-state index is 13.2. The van der Waals surface area contributed by atoms with E-state index in [1.807, 2.05) is 11.6 Å². The minimum atomic E-state index is -0.236. The van der Waals surface area contributed by atoms with Gasteiger partial charge in [0.1, 0.15) is 5.82 Å². The number of benzene rings is 1. The lowest BCUT2D eigenvalue weighted by Gasteiger charge is -2.13. The molecule has 2 rings (SSSR count). The first-order chi connectivity index (χ1) is 9.93. The van der Waals surface area contributed by atoms with Gasteiger partial charge >= 0.3 is 0 Å². The minimum Gasteiger partial charge on any atom is -0.310 e. The van der Waals surface area contributed by atoms with Crippen molar-refractivity contribution in [1.82, 2.24) is 15.1 Å². The number of nitrogens with one attached hydrogen (secondary N) is 1. The molecule has 1 N–H and O–H groups in total. The summed E-state index contributed by atoms with van der Waals surface area (Å²) >= 11 is 3.41. The molecule has 0 spiro atoms. The predicted molar refractivity (Wildman–Crippen MR) is 87.0 cm³/mol. The van der Waals surface area contributed by atoms with Gasteiger partial charge in [-0.05, 0) is 45.0 Å². The predicted octanol–water partition coefficient (Wildman–Crippen LogP) is 4.12. The van der Waals surface area contributed by atoms with Crippen LogP contribution in [0.4, 0.5) is 4.39 Å². The SMILES string of the molecule is CCNC(C)c1c(C)nn(Cc2ccc(F)cc2Br)c1C. The molecule has 0 amide bonds. The summed E-state index contributed by atoms with van der Waals surface area (Å²) in [5, 5.41) is 8.06. The third kappa shape index (κ3) is 3.52. The fraction of sp³-hybridized carbons (Fsp3) is 0.438. The van der Waals surface area contributed by atoms with Crippen molar-refractivity contribution in [1.29, 1.82) is 0 Å². The first-order valence-corrected chi connectivity index (χ1v) is 7.94. The third-order valence-corrected chi connectivity index (χ3v) is 4.45. The van der Waals surface area contributed by atoms with Crippen LogP contribution in [0.1, 0.15) is 42.4 Å². The molecule has 5 heteroatoms. The van der Waals surface area contributed by atoms with Gasteiger partial charge < -0.3 is 5.32 Å². The molecule has 1 unspecified atom stereocenters. The monoisotopic (exact) mass is 353 g/mol. The third-order valence-electron chi connectivity index (χ3n) is 3.72. The molecule has 21 heavy (non-hydrogen) atoms. The van der Waals surface area contributed by atoms with Gasteiger partial charge in [-0.25, -0.2) is 4.39 Å². The fourth-order valence-electron chi connectivity index (χ4n) is 2.71. The zero-order chi connectivity index (χ0) is 15.6. The Morgan fingerprint density at radius 2 is 2.10 bits per heavy atom. The van der Waals surface area contributed by atoms with Crippen LogP contribution in [0.15, 0.2) is 22.7 Å². The van der Waals surface area contributed by atoms with Gasteiger partial charge in [-0.15, -0.1) is 0 Å². The maximum atomic E-state index is 13.2. The van der Waals surface area contributed by atoms with Crippen LogP contribution in [0, 0.1) is 19.7 Å². The van der Waals surface area contributed by atoms with E-state index in [1.165, 1.54) is 17.7 Å². The van der Waals surface area contributed by atoms with Crippen LogP contribution in [-0.4, -0.2) is 16.3 Å². The minimum absolute atomic E-state index is 0.236. The largest absolute Gasteiger partial charge is 0.310 e. The summed E-state index contributed by atoms with van der Waals surface area (Å²) in [6, 6.07) is 5.04. The molecule has 0 aliphatic heterocycles. The molecule has 2 aromatic rings. The number of aryl methyl sites for hydroxylation is 1. The highest BCUT2D eigenvalue weighted by Crippen LogP contribution is 2.24. The van der Waals surface area contributed by atoms with Crippen molar-refractivity contribution in [3.05, 3.63) is 51.0 Å². The van der Waals surface area contributed by atoms with E-state index < -0.39 is 0 Å². The molecule has 1 heterocycles. The van der Waals surface area contributed by atoms with Crippen molar-refractivity contribution in [2.24, 2.45) is 0 Å². The fourth-order valence-corrected chi connectivity index (χ4v) is 3.19. The van der Waals surface area contributed by atoms with Crippen LogP contribution in [0.5, 0.6) is 0 Å². The summed E-state index contributed by atoms with van der Waals surface area (Å²) in [5.41, 5.74) is 4.45. The van der Waals surface area contributed by atoms with Gasteiger partial charge in [0, 0.05) is 21.8 Å². The molecule has 1 aromatic carbocycles. The number of hydrogen-bond acceptors (Lipinski definition) is 2. The molecule has 0 aliphatic rings. The second-order valence-corrected chi connectivity index (χ2v) is 6.11. The molecule has 1 atom stereocenters. The molecule has 0 radical (unpaired) electrons. The lowest BCUT2D eigenvalue weighted by Crippen LogP contribution is -2.19. The van der Waals surface area contributed by atoms with Gasteiger partial charge in [-0.3, -0.25) is 4.68 Å². The highest BCUT2D eigenvalue weighted by atomic mass is 79.9. The van der Waals surface area contributed by atoms with Crippen LogP contribution in [0.3, 0.4) is 0 Å². The Morgan fingerprint density at radius 3 is 2.71 bits per heavy atom. The summed E-state index contributed by atoms with van der Waals surface area (Å²) in [6.45, 7) is 9.92. The van der Waals surface area contributed by atoms with E-state index in [4.69, 9.17) is 0 Å². The van der Waals surface area contributed by atoms with Gasteiger partial charge in [0.05, 0.1) is 12.2 Å². The molecule has 0 fully saturated rings. The maximum Gasteiger partial charge on any atom is 0.124 e. The van der Waals surface area contributed by atoms with E-state index in [-0.39, 0.29) is 11.9 Å². The van der Waals surface area contributed by atoms with E-state index in [9.17, 15) is 4.39 Å². The van der Waals surface area contributed by atoms with Crippen molar-refractivity contribution in [3.8, 4) is 0 Å². The number of halogens is 2. The van der Waals surface area contributed by atoms with Gasteiger partial charge in [-0.2, -0.15) is 5.10 Å². The van der Waals surface area contributed by atoms with Gasteiger partial charge in [-0.1, -0.05) is 28.9 Å². The summed E-state index contributed by atoms with van der Waals surface area (Å²) in [5.74, 6) is -0.236. The average Bonchev–Trinajstić information content (AvgIpc) is 2.68. The Balaban J connectivity index is 2.31. The van der Waals surface area contributed by atoms with Crippen LogP contribution < -0.4 is 5.32 Å². The highest BCUT2D eigenvalue weighted by molar-refractivity contribution is 9.10. The number of hydrogen-bond donors (Lipinski definition) is 1. The molecule has 0 aliphatic carbocycles. The first kappa shape index (κ1) is 16.2. The highest BCUT2D eigenvalue weighted by Gasteiger charge is 2.17. The van der Waals surface area contributed by atoms with E-state index in [0.29, 0.717) is 6.54 Å². The van der Waals surface area contributed by atoms with E-state index >= 15 is 0 Å². The van der Waals surface area contributed by atoms with Crippen LogP contribution in [-0.2, 0) is 6.54 Å². The first-order valence-electron chi connectivity index (χ1n) is 7.15. The molecule has 0 saturated carbocycles. The molecular formula is C16H21BrFN3. The Morgan fingerprint density at radius 1 is 1.38 bits per heavy atom. The number of nitrogens with zero attached hydrogens (tertiary/aromatic N) is 2. The van der Waals surface area contributed by atoms with Crippen LogP contribution >= 0.6 is 15.9 Å². The zero-order valence-electron chi connectivity index (χ0n) is 12.9. The lowest BCUT2D eigenvalue weighted by atomic mass is 10.1. The average molecular weight is 354 g/mol. The summed E-state index contributed by atoms with van der Waals surface area (Å²) in [4.78, 5) is 0. The second kappa shape index (κ2) is 6.71. The molecule has 0 saturated heterocycles. The Bertz CT molecular complexity index is 637. The molecule has 114 valence electrons. The van der Waals surface area contributed by atoms with Crippen molar-refractivity contribution >= 4 is 15.9 Å². The Labute approximate surface area is 133 Å². The topological polar surface area (TPSA) is 29.9 Å². The lowest BCUT2D eigenvalue weighted by molar-refractivity contribution is 0.588. The number of rotatable bonds is 5. The molecular weight excluding hydrogens is 333 g/mol. The van der Waals surface area contributed by atoms with Crippen molar-refractivity contribution in [2.75, 3.05) is 6.54 Å². The Kier molecular flexibility index (Phi) is 5.17. The normalized spacial score (nSPS) is 12.7. The summed E-state index contributed by atoms with van der Waals surface area (Å²) in [7, 11) is 0. The van der Waals surface area contributed by atoms with Gasteiger partial charge in [0.2, 0.25) is 0 Å². The van der Waals surface area contributed by atoms with Crippen molar-refractivity contribution < 1.29 is 4.39 Å². The van der Waals surface area contributed by atoms with E-state index in [0.717, 1.165) is 28.0 Å². The van der Waals surface area contributed by atoms with Gasteiger partial charge in [0.25, 0.3) is 0 Å². The standard InChI is InChI=1S/C16H21BrFN3/c1-5-19-10(2)16-11(3)20-21(12(16)4)9-13-6-7-14(18)8-15(13)17/h6-8,10,19H,5,9H2,1-4H3. The second-order valence-electron chi connectivity index (χ2n) is 5.26. The van der Waals surface area contributed by atoms with E-state index in [1.54, 1.807) is 6.07 Å². The summed E-state index contributed by atoms with van der Waals surface area (Å²) < 4.78 is 15.9. The smallest absolute Gasteiger partial charge is 0.124 e. The van der Waals surface area contributed by atoms with Crippen molar-refractivity contribution in [2.45, 2.75) is 40.3 Å². The molecule has 1 aromatic heterocycles. The molecule has 3 nitrogen and oxygen atoms in total. The van der Waals surface area contributed by atoms with Crippen LogP contribution in [0.25, 0.3) is 0 Å². The Hall–Kier alpha value is -1.20.